The highest BCUT2D eigenvalue weighted by Crippen LogP contribution is 2.34. The van der Waals surface area contributed by atoms with Crippen molar-refractivity contribution in [3.05, 3.63) is 82.5 Å². The Hall–Kier alpha value is -5.57. The highest BCUT2D eigenvalue weighted by Gasteiger charge is 2.51. The molecule has 1 saturated heterocycles. The maximum absolute atomic E-state index is 12.7. The average Bonchev–Trinajstić information content (AvgIpc) is 2.97. The van der Waals surface area contributed by atoms with Gasteiger partial charge in [-0.1, -0.05) is 6.07 Å². The van der Waals surface area contributed by atoms with Gasteiger partial charge in [0.25, 0.3) is 0 Å². The zero-order chi connectivity index (χ0) is 31.7. The first-order valence-electron chi connectivity index (χ1n) is 12.8. The van der Waals surface area contributed by atoms with E-state index in [0.717, 1.165) is 24.3 Å². The summed E-state index contributed by atoms with van der Waals surface area (Å²) in [5.74, 6) is -4.35. The molecule has 0 amide bonds. The van der Waals surface area contributed by atoms with E-state index in [4.69, 9.17) is 18.6 Å². The average molecular weight is 609 g/mol. The van der Waals surface area contributed by atoms with E-state index in [0.29, 0.717) is 5.56 Å². The van der Waals surface area contributed by atoms with Crippen LogP contribution in [-0.4, -0.2) is 78.4 Å². The largest absolute Gasteiger partial charge is 0.508 e. The van der Waals surface area contributed by atoms with Gasteiger partial charge in [-0.2, -0.15) is 0 Å². The fraction of sp³-hybridized carbons (Fsp3) is 0.167. The number of aromatic hydroxyl groups is 4. The molecule has 3 aromatic carbocycles. The van der Waals surface area contributed by atoms with Gasteiger partial charge in [-0.25, -0.2) is 9.59 Å². The number of rotatable bonds is 7. The number of carboxylic acid groups (broad SMARTS) is 1. The molecule has 44 heavy (non-hydrogen) atoms. The summed E-state index contributed by atoms with van der Waals surface area (Å²) >= 11 is 0. The van der Waals surface area contributed by atoms with Crippen LogP contribution in [0, 0.1) is 0 Å². The number of aliphatic hydroxyl groups is 2. The van der Waals surface area contributed by atoms with Crippen molar-refractivity contribution >= 4 is 29.0 Å². The molecule has 0 radical (unpaired) electrons. The Kier molecular flexibility index (Phi) is 8.13. The molecule has 0 aliphatic carbocycles. The summed E-state index contributed by atoms with van der Waals surface area (Å²) in [4.78, 5) is 37.1. The van der Waals surface area contributed by atoms with Gasteiger partial charge in [0, 0.05) is 29.8 Å². The Labute approximate surface area is 246 Å². The Bertz CT molecular complexity index is 1810. The van der Waals surface area contributed by atoms with Gasteiger partial charge in [-0.3, -0.25) is 4.79 Å². The minimum absolute atomic E-state index is 0.0122. The molecular formula is C30H24O14. The Balaban J connectivity index is 1.36. The summed E-state index contributed by atoms with van der Waals surface area (Å²) in [6.45, 7) is 0. The number of carboxylic acids is 1. The molecule has 4 aromatic rings. The first-order chi connectivity index (χ1) is 20.9. The zero-order valence-electron chi connectivity index (χ0n) is 22.3. The first-order valence-corrected chi connectivity index (χ1v) is 12.8. The van der Waals surface area contributed by atoms with Crippen molar-refractivity contribution in [2.75, 3.05) is 0 Å². The lowest BCUT2D eigenvalue weighted by atomic mass is 9.98. The first kappa shape index (κ1) is 29.9. The molecule has 1 fully saturated rings. The van der Waals surface area contributed by atoms with Crippen LogP contribution in [0.4, 0.5) is 0 Å². The van der Waals surface area contributed by atoms with Gasteiger partial charge in [0.1, 0.15) is 46.2 Å². The van der Waals surface area contributed by atoms with Gasteiger partial charge < -0.3 is 54.4 Å². The summed E-state index contributed by atoms with van der Waals surface area (Å²) in [7, 11) is 0. The van der Waals surface area contributed by atoms with Gasteiger partial charge in [-0.05, 0) is 48.0 Å². The SMILES string of the molecule is O=C(C=Cc1ccc(O)c(O)c1)OC1C(C(=O)O)OC(Oc2cc(O)c3c(=O)cc(-c4ccc(O)cc4)oc3c2)C(O)C1O. The number of fused-ring (bicyclic) bond motifs is 1. The van der Waals surface area contributed by atoms with Crippen LogP contribution in [0.3, 0.4) is 0 Å². The molecule has 7 N–H and O–H groups in total. The molecule has 14 heteroatoms. The quantitative estimate of drug-likeness (QED) is 0.0901. The van der Waals surface area contributed by atoms with Crippen LogP contribution in [-0.2, 0) is 19.1 Å². The molecular weight excluding hydrogens is 584 g/mol. The molecule has 0 saturated carbocycles. The number of aliphatic carboxylic acids is 1. The van der Waals surface area contributed by atoms with Gasteiger partial charge in [0.05, 0.1) is 0 Å². The van der Waals surface area contributed by atoms with E-state index in [1.165, 1.54) is 48.5 Å². The number of phenolic OH excluding ortho intramolecular Hbond substituents is 4. The second kappa shape index (κ2) is 12.0. The van der Waals surface area contributed by atoms with E-state index in [1.807, 2.05) is 0 Å². The van der Waals surface area contributed by atoms with E-state index < -0.39 is 59.6 Å². The number of hydrogen-bond acceptors (Lipinski definition) is 13. The van der Waals surface area contributed by atoms with Crippen molar-refractivity contribution in [2.24, 2.45) is 0 Å². The monoisotopic (exact) mass is 608 g/mol. The second-order valence-corrected chi connectivity index (χ2v) is 9.68. The topological polar surface area (TPSA) is 234 Å². The molecule has 1 aliphatic rings. The summed E-state index contributed by atoms with van der Waals surface area (Å²) in [6, 6.07) is 12.8. The van der Waals surface area contributed by atoms with Crippen LogP contribution in [0.5, 0.6) is 28.7 Å². The number of carbonyl (C=O) groups excluding carboxylic acids is 1. The second-order valence-electron chi connectivity index (χ2n) is 9.68. The molecule has 5 atom stereocenters. The number of ether oxygens (including phenoxy) is 3. The molecule has 1 aliphatic heterocycles. The highest BCUT2D eigenvalue weighted by atomic mass is 16.7. The summed E-state index contributed by atoms with van der Waals surface area (Å²) in [6.07, 6.45) is -7.67. The van der Waals surface area contributed by atoms with Crippen molar-refractivity contribution in [3.8, 4) is 40.1 Å². The molecule has 14 nitrogen and oxygen atoms in total. The maximum atomic E-state index is 12.7. The molecule has 1 aromatic heterocycles. The Morgan fingerprint density at radius 2 is 1.57 bits per heavy atom. The van der Waals surface area contributed by atoms with E-state index in [-0.39, 0.29) is 39.5 Å². The molecule has 5 unspecified atom stereocenters. The summed E-state index contributed by atoms with van der Waals surface area (Å²) in [5.41, 5.74) is -0.0280. The molecule has 0 spiro atoms. The van der Waals surface area contributed by atoms with Crippen molar-refractivity contribution in [2.45, 2.75) is 30.7 Å². The van der Waals surface area contributed by atoms with Gasteiger partial charge >= 0.3 is 11.9 Å². The maximum Gasteiger partial charge on any atom is 0.337 e. The lowest BCUT2D eigenvalue weighted by Crippen LogP contribution is -2.62. The van der Waals surface area contributed by atoms with Crippen LogP contribution in [0.2, 0.25) is 0 Å². The third-order valence-corrected chi connectivity index (χ3v) is 6.64. The van der Waals surface area contributed by atoms with Gasteiger partial charge in [0.2, 0.25) is 6.29 Å². The third kappa shape index (κ3) is 6.12. The number of phenols is 4. The third-order valence-electron chi connectivity index (χ3n) is 6.64. The summed E-state index contributed by atoms with van der Waals surface area (Å²) in [5, 5.41) is 69.9. The fourth-order valence-electron chi connectivity index (χ4n) is 4.46. The van der Waals surface area contributed by atoms with Crippen molar-refractivity contribution in [3.63, 3.8) is 0 Å². The van der Waals surface area contributed by atoms with E-state index in [9.17, 15) is 50.1 Å². The van der Waals surface area contributed by atoms with Gasteiger partial charge in [0.15, 0.2) is 29.1 Å². The van der Waals surface area contributed by atoms with Gasteiger partial charge in [-0.15, -0.1) is 0 Å². The molecule has 2 heterocycles. The predicted molar refractivity (Wildman–Crippen MR) is 149 cm³/mol. The number of esters is 1. The highest BCUT2D eigenvalue weighted by molar-refractivity contribution is 5.88. The molecule has 0 bridgehead atoms. The predicted octanol–water partition coefficient (Wildman–Crippen LogP) is 1.82. The smallest absolute Gasteiger partial charge is 0.337 e. The van der Waals surface area contributed by atoms with Crippen LogP contribution in [0.1, 0.15) is 5.56 Å². The van der Waals surface area contributed by atoms with Crippen LogP contribution < -0.4 is 10.2 Å². The number of carbonyl (C=O) groups is 2. The van der Waals surface area contributed by atoms with Crippen molar-refractivity contribution < 1.29 is 64.0 Å². The lowest BCUT2D eigenvalue weighted by Gasteiger charge is -2.39. The lowest BCUT2D eigenvalue weighted by molar-refractivity contribution is -0.274. The van der Waals surface area contributed by atoms with Crippen LogP contribution in [0.25, 0.3) is 28.4 Å². The normalized spacial score (nSPS) is 21.7. The fourth-order valence-corrected chi connectivity index (χ4v) is 4.46. The Morgan fingerprint density at radius 3 is 2.25 bits per heavy atom. The van der Waals surface area contributed by atoms with Crippen molar-refractivity contribution in [1.29, 1.82) is 0 Å². The zero-order valence-corrected chi connectivity index (χ0v) is 22.3. The molecule has 228 valence electrons. The van der Waals surface area contributed by atoms with E-state index in [2.05, 4.69) is 0 Å². The standard InChI is InChI=1S/C30H24O14/c31-15-5-3-14(4-6-15)21-12-20(35)24-19(34)10-16(11-22(24)42-21)41-30-26(38)25(37)27(28(44-30)29(39)40)43-23(36)8-2-13-1-7-17(32)18(33)9-13/h1-12,25-28,30-34,37-38H,(H,39,40). The van der Waals surface area contributed by atoms with Crippen molar-refractivity contribution in [1.82, 2.24) is 0 Å². The minimum Gasteiger partial charge on any atom is -0.508 e. The number of hydrogen-bond donors (Lipinski definition) is 7. The number of benzene rings is 3. The van der Waals surface area contributed by atoms with Crippen LogP contribution in [0.15, 0.2) is 76.0 Å². The Morgan fingerprint density at radius 1 is 0.841 bits per heavy atom. The van der Waals surface area contributed by atoms with Crippen LogP contribution >= 0.6 is 0 Å². The number of aliphatic hydroxyl groups excluding tert-OH is 2. The molecule has 5 rings (SSSR count). The van der Waals surface area contributed by atoms with E-state index in [1.54, 1.807) is 0 Å². The van der Waals surface area contributed by atoms with E-state index >= 15 is 0 Å². The summed E-state index contributed by atoms with van der Waals surface area (Å²) < 4.78 is 21.7. The minimum atomic E-state index is -2.02.